The van der Waals surface area contributed by atoms with Crippen LogP contribution in [-0.4, -0.2) is 12.9 Å². The highest BCUT2D eigenvalue weighted by Gasteiger charge is 2.17. The fourth-order valence-corrected chi connectivity index (χ4v) is 2.91. The summed E-state index contributed by atoms with van der Waals surface area (Å²) in [5, 5.41) is 0.638. The summed E-state index contributed by atoms with van der Waals surface area (Å²) in [6.45, 7) is 0. The van der Waals surface area contributed by atoms with Crippen LogP contribution in [0.5, 0.6) is 5.75 Å². The average Bonchev–Trinajstić information content (AvgIpc) is 2.77. The van der Waals surface area contributed by atoms with E-state index < -0.39 is 0 Å². The van der Waals surface area contributed by atoms with Crippen molar-refractivity contribution in [3.05, 3.63) is 49.1 Å². The summed E-state index contributed by atoms with van der Waals surface area (Å²) in [6.07, 6.45) is 0. The summed E-state index contributed by atoms with van der Waals surface area (Å²) in [7, 11) is 1.48. The van der Waals surface area contributed by atoms with Crippen LogP contribution in [0.1, 0.15) is 15.2 Å². The zero-order valence-corrected chi connectivity index (χ0v) is 12.3. The van der Waals surface area contributed by atoms with Crippen molar-refractivity contribution in [1.29, 1.82) is 0 Å². The van der Waals surface area contributed by atoms with Gasteiger partial charge >= 0.3 is 0 Å². The molecule has 0 unspecified atom stereocenters. The quantitative estimate of drug-likeness (QED) is 0.748. The molecule has 0 fully saturated rings. The monoisotopic (exact) mass is 320 g/mol. The molecule has 18 heavy (non-hydrogen) atoms. The second kappa shape index (κ2) is 5.49. The molecule has 0 saturated heterocycles. The van der Waals surface area contributed by atoms with Gasteiger partial charge in [-0.2, -0.15) is 0 Å². The minimum atomic E-state index is -0.207. The number of methoxy groups -OCH3 is 1. The van der Waals surface area contributed by atoms with E-state index in [0.717, 1.165) is 0 Å². The molecule has 1 aromatic carbocycles. The lowest BCUT2D eigenvalue weighted by molar-refractivity contribution is 0.104. The van der Waals surface area contributed by atoms with Crippen LogP contribution >= 0.6 is 46.1 Å². The molecule has 0 saturated carbocycles. The summed E-state index contributed by atoms with van der Waals surface area (Å²) in [5.74, 6) is 0.226. The van der Waals surface area contributed by atoms with Gasteiger partial charge in [0.1, 0.15) is 5.75 Å². The van der Waals surface area contributed by atoms with Crippen molar-refractivity contribution in [2.45, 2.75) is 0 Å². The van der Waals surface area contributed by atoms with Crippen LogP contribution in [0.3, 0.4) is 0 Å². The lowest BCUT2D eigenvalue weighted by atomic mass is 10.1. The number of benzene rings is 1. The number of carbonyl (C=O) groups is 1. The Labute approximate surface area is 123 Å². The molecule has 0 N–H and O–H groups in total. The number of hydrogen-bond acceptors (Lipinski definition) is 3. The van der Waals surface area contributed by atoms with Gasteiger partial charge in [-0.3, -0.25) is 4.79 Å². The minimum absolute atomic E-state index is 0.207. The third-order valence-electron chi connectivity index (χ3n) is 2.28. The van der Waals surface area contributed by atoms with Gasteiger partial charge < -0.3 is 4.74 Å². The van der Waals surface area contributed by atoms with Crippen LogP contribution in [0.15, 0.2) is 24.3 Å². The lowest BCUT2D eigenvalue weighted by Gasteiger charge is -2.07. The van der Waals surface area contributed by atoms with Crippen molar-refractivity contribution in [3.63, 3.8) is 0 Å². The molecule has 6 heteroatoms. The minimum Gasteiger partial charge on any atom is -0.495 e. The second-order valence-electron chi connectivity index (χ2n) is 3.40. The van der Waals surface area contributed by atoms with Gasteiger partial charge in [0, 0.05) is 11.6 Å². The second-order valence-corrected chi connectivity index (χ2v) is 5.93. The number of ketones is 1. The molecular weight excluding hydrogens is 315 g/mol. The summed E-state index contributed by atoms with van der Waals surface area (Å²) in [6, 6.07) is 6.34. The van der Waals surface area contributed by atoms with E-state index in [1.54, 1.807) is 12.1 Å². The fourth-order valence-electron chi connectivity index (χ4n) is 1.43. The smallest absolute Gasteiger partial charge is 0.204 e. The number of thiophene rings is 1. The molecule has 0 bridgehead atoms. The summed E-state index contributed by atoms with van der Waals surface area (Å²) in [5.41, 5.74) is 0.334. The Kier molecular flexibility index (Phi) is 4.17. The van der Waals surface area contributed by atoms with Crippen LogP contribution in [0.4, 0.5) is 0 Å². The van der Waals surface area contributed by atoms with Crippen LogP contribution in [0.2, 0.25) is 14.4 Å². The van der Waals surface area contributed by atoms with Gasteiger partial charge in [-0.1, -0.05) is 34.8 Å². The molecule has 0 radical (unpaired) electrons. The molecule has 0 aliphatic rings. The van der Waals surface area contributed by atoms with Crippen molar-refractivity contribution in [2.24, 2.45) is 0 Å². The summed E-state index contributed by atoms with van der Waals surface area (Å²) < 4.78 is 5.57. The van der Waals surface area contributed by atoms with Gasteiger partial charge in [0.15, 0.2) is 0 Å². The Bertz CT molecular complexity index is 607. The number of ether oxygens (including phenoxy) is 1. The van der Waals surface area contributed by atoms with Crippen LogP contribution in [0.25, 0.3) is 0 Å². The van der Waals surface area contributed by atoms with E-state index in [9.17, 15) is 4.79 Å². The predicted molar refractivity (Wildman–Crippen MR) is 75.8 cm³/mol. The molecular formula is C12H7Cl3O2S. The molecule has 0 aliphatic carbocycles. The van der Waals surface area contributed by atoms with E-state index in [-0.39, 0.29) is 5.78 Å². The first-order valence-corrected chi connectivity index (χ1v) is 6.81. The Morgan fingerprint density at radius 2 is 1.89 bits per heavy atom. The maximum absolute atomic E-state index is 12.2. The van der Waals surface area contributed by atoms with Gasteiger partial charge in [-0.15, -0.1) is 11.3 Å². The topological polar surface area (TPSA) is 26.3 Å². The first-order chi connectivity index (χ1) is 8.52. The molecule has 1 aromatic heterocycles. The highest BCUT2D eigenvalue weighted by molar-refractivity contribution is 7.18. The zero-order valence-electron chi connectivity index (χ0n) is 9.17. The van der Waals surface area contributed by atoms with E-state index in [0.29, 0.717) is 30.6 Å². The van der Waals surface area contributed by atoms with Gasteiger partial charge in [0.2, 0.25) is 5.78 Å². The summed E-state index contributed by atoms with van der Waals surface area (Å²) in [4.78, 5) is 12.7. The largest absolute Gasteiger partial charge is 0.495 e. The van der Waals surface area contributed by atoms with E-state index in [1.165, 1.54) is 30.6 Å². The summed E-state index contributed by atoms with van der Waals surface area (Å²) >= 11 is 19.0. The van der Waals surface area contributed by atoms with Crippen molar-refractivity contribution in [2.75, 3.05) is 7.11 Å². The molecule has 2 nitrogen and oxygen atoms in total. The molecule has 0 spiro atoms. The number of hydrogen-bond donors (Lipinski definition) is 0. The molecule has 2 rings (SSSR count). The normalized spacial score (nSPS) is 10.4. The van der Waals surface area contributed by atoms with Crippen molar-refractivity contribution in [3.8, 4) is 5.75 Å². The Morgan fingerprint density at radius 1 is 1.17 bits per heavy atom. The third-order valence-corrected chi connectivity index (χ3v) is 4.12. The first kappa shape index (κ1) is 13.7. The predicted octanol–water partition coefficient (Wildman–Crippen LogP) is 4.95. The molecule has 0 atom stereocenters. The van der Waals surface area contributed by atoms with E-state index in [4.69, 9.17) is 39.5 Å². The Balaban J connectivity index is 2.45. The van der Waals surface area contributed by atoms with E-state index >= 15 is 0 Å². The van der Waals surface area contributed by atoms with Crippen LogP contribution < -0.4 is 4.74 Å². The van der Waals surface area contributed by atoms with Crippen molar-refractivity contribution < 1.29 is 9.53 Å². The maximum atomic E-state index is 12.2. The van der Waals surface area contributed by atoms with E-state index in [2.05, 4.69) is 0 Å². The maximum Gasteiger partial charge on any atom is 0.204 e. The van der Waals surface area contributed by atoms with E-state index in [1.807, 2.05) is 0 Å². The Morgan fingerprint density at radius 3 is 2.44 bits per heavy atom. The highest BCUT2D eigenvalue weighted by Crippen LogP contribution is 2.33. The number of carbonyl (C=O) groups excluding carboxylic acids is 1. The SMILES string of the molecule is COc1cc(Cl)c(C(=O)c2ccc(Cl)s2)cc1Cl. The molecule has 1 heterocycles. The van der Waals surface area contributed by atoms with Gasteiger partial charge in [-0.25, -0.2) is 0 Å². The van der Waals surface area contributed by atoms with Gasteiger partial charge in [0.25, 0.3) is 0 Å². The number of rotatable bonds is 3. The van der Waals surface area contributed by atoms with Crippen molar-refractivity contribution in [1.82, 2.24) is 0 Å². The average molecular weight is 322 g/mol. The van der Waals surface area contributed by atoms with Gasteiger partial charge in [-0.05, 0) is 18.2 Å². The third kappa shape index (κ3) is 2.64. The molecule has 0 aliphatic heterocycles. The van der Waals surface area contributed by atoms with Crippen LogP contribution in [-0.2, 0) is 0 Å². The molecule has 94 valence electrons. The highest BCUT2D eigenvalue weighted by atomic mass is 35.5. The Hall–Kier alpha value is -0.740. The van der Waals surface area contributed by atoms with Crippen molar-refractivity contribution >= 4 is 51.9 Å². The molecule has 2 aromatic rings. The van der Waals surface area contributed by atoms with Gasteiger partial charge in [0.05, 0.1) is 26.4 Å². The fraction of sp³-hybridized carbons (Fsp3) is 0.0833. The number of halogens is 3. The zero-order chi connectivity index (χ0) is 13.3. The lowest BCUT2D eigenvalue weighted by Crippen LogP contribution is -2.00. The van der Waals surface area contributed by atoms with Crippen LogP contribution in [0, 0.1) is 0 Å². The first-order valence-electron chi connectivity index (χ1n) is 4.86. The standard InChI is InChI=1S/C12H7Cl3O2S/c1-17-9-5-7(13)6(4-8(9)14)12(16)10-2-3-11(15)18-10/h2-5H,1H3. The molecule has 0 amide bonds.